The van der Waals surface area contributed by atoms with E-state index in [0.29, 0.717) is 17.2 Å². The second kappa shape index (κ2) is 10.4. The van der Waals surface area contributed by atoms with Gasteiger partial charge in [0.25, 0.3) is 5.91 Å². The van der Waals surface area contributed by atoms with Gasteiger partial charge in [0.05, 0.1) is 12.6 Å². The maximum absolute atomic E-state index is 12.8. The van der Waals surface area contributed by atoms with Gasteiger partial charge in [0.2, 0.25) is 5.95 Å². The number of ether oxygens (including phenoxy) is 1. The Balaban J connectivity index is 1.27. The first-order valence-corrected chi connectivity index (χ1v) is 11.9. The topological polar surface area (TPSA) is 79.4 Å². The van der Waals surface area contributed by atoms with E-state index in [-0.39, 0.29) is 5.91 Å². The summed E-state index contributed by atoms with van der Waals surface area (Å²) in [6.45, 7) is 0. The molecule has 37 heavy (non-hydrogen) atoms. The van der Waals surface area contributed by atoms with Crippen molar-refractivity contribution in [3.8, 4) is 16.9 Å². The fourth-order valence-electron chi connectivity index (χ4n) is 4.04. The summed E-state index contributed by atoms with van der Waals surface area (Å²) in [5.41, 5.74) is 5.00. The Morgan fingerprint density at radius 1 is 0.784 bits per heavy atom. The molecule has 0 aliphatic heterocycles. The van der Waals surface area contributed by atoms with E-state index in [1.807, 2.05) is 116 Å². The Kier molecular flexibility index (Phi) is 6.68. The van der Waals surface area contributed by atoms with Gasteiger partial charge in [-0.25, -0.2) is 4.98 Å². The normalized spacial score (nSPS) is 10.7. The van der Waals surface area contributed by atoms with Crippen molar-refractivity contribution in [2.75, 3.05) is 36.7 Å². The minimum absolute atomic E-state index is 0.175. The van der Waals surface area contributed by atoms with Crippen LogP contribution in [0.1, 0.15) is 10.4 Å². The number of nitrogens with zero attached hydrogens (tertiary/aromatic N) is 3. The Hall–Kier alpha value is -4.91. The van der Waals surface area contributed by atoms with Crippen LogP contribution in [0.15, 0.2) is 97.1 Å². The van der Waals surface area contributed by atoms with Crippen LogP contribution in [0, 0.1) is 0 Å². The Labute approximate surface area is 215 Å². The summed E-state index contributed by atoms with van der Waals surface area (Å²) in [5, 5.41) is 7.21. The van der Waals surface area contributed by atoms with E-state index in [1.54, 1.807) is 7.11 Å². The van der Waals surface area contributed by atoms with Crippen LogP contribution in [-0.4, -0.2) is 37.1 Å². The van der Waals surface area contributed by atoms with Gasteiger partial charge in [-0.05, 0) is 71.8 Å². The van der Waals surface area contributed by atoms with Crippen LogP contribution in [0.4, 0.5) is 23.1 Å². The SMILES string of the molecule is COc1cccc(-c2ccc(C(=O)Nc3ccc(Nc4nc(N(C)C)c5ccccc5n4)cc3)cc2)c1. The number of aromatic nitrogens is 2. The molecule has 1 aromatic heterocycles. The molecule has 0 atom stereocenters. The molecule has 1 heterocycles. The molecule has 0 aliphatic carbocycles. The molecule has 5 aromatic rings. The average Bonchev–Trinajstić information content (AvgIpc) is 2.93. The van der Waals surface area contributed by atoms with Crippen molar-refractivity contribution in [1.82, 2.24) is 9.97 Å². The number of carbonyl (C=O) groups excluding carboxylic acids is 1. The zero-order valence-corrected chi connectivity index (χ0v) is 20.9. The molecule has 0 fully saturated rings. The molecule has 0 spiro atoms. The largest absolute Gasteiger partial charge is 0.497 e. The molecule has 4 aromatic carbocycles. The van der Waals surface area contributed by atoms with Gasteiger partial charge in [-0.2, -0.15) is 4.98 Å². The highest BCUT2D eigenvalue weighted by atomic mass is 16.5. The van der Waals surface area contributed by atoms with E-state index < -0.39 is 0 Å². The maximum Gasteiger partial charge on any atom is 0.255 e. The lowest BCUT2D eigenvalue weighted by atomic mass is 10.0. The van der Waals surface area contributed by atoms with Crippen LogP contribution in [0.2, 0.25) is 0 Å². The number of amides is 1. The average molecular weight is 490 g/mol. The van der Waals surface area contributed by atoms with E-state index in [9.17, 15) is 4.79 Å². The van der Waals surface area contributed by atoms with Gasteiger partial charge in [-0.15, -0.1) is 0 Å². The third-order valence-corrected chi connectivity index (χ3v) is 5.96. The highest BCUT2D eigenvalue weighted by molar-refractivity contribution is 6.04. The molecule has 7 heteroatoms. The van der Waals surface area contributed by atoms with E-state index in [4.69, 9.17) is 4.74 Å². The Bertz CT molecular complexity index is 1550. The number of rotatable bonds is 7. The summed E-state index contributed by atoms with van der Waals surface area (Å²) in [5.74, 6) is 1.97. The number of para-hydroxylation sites is 1. The van der Waals surface area contributed by atoms with E-state index >= 15 is 0 Å². The number of hydrogen-bond donors (Lipinski definition) is 2. The molecule has 5 rings (SSSR count). The van der Waals surface area contributed by atoms with Gasteiger partial charge in [0.1, 0.15) is 11.6 Å². The molecule has 7 nitrogen and oxygen atoms in total. The van der Waals surface area contributed by atoms with Crippen molar-refractivity contribution >= 4 is 40.0 Å². The van der Waals surface area contributed by atoms with Gasteiger partial charge < -0.3 is 20.3 Å². The first-order valence-electron chi connectivity index (χ1n) is 11.9. The third-order valence-electron chi connectivity index (χ3n) is 5.96. The quantitative estimate of drug-likeness (QED) is 0.277. The van der Waals surface area contributed by atoms with Crippen LogP contribution in [0.5, 0.6) is 5.75 Å². The summed E-state index contributed by atoms with van der Waals surface area (Å²) < 4.78 is 5.30. The highest BCUT2D eigenvalue weighted by Gasteiger charge is 2.10. The monoisotopic (exact) mass is 489 g/mol. The smallest absolute Gasteiger partial charge is 0.255 e. The highest BCUT2D eigenvalue weighted by Crippen LogP contribution is 2.26. The van der Waals surface area contributed by atoms with Crippen LogP contribution in [0.3, 0.4) is 0 Å². The first-order chi connectivity index (χ1) is 18.0. The number of nitrogens with one attached hydrogen (secondary N) is 2. The lowest BCUT2D eigenvalue weighted by Gasteiger charge is -2.16. The zero-order valence-electron chi connectivity index (χ0n) is 20.9. The van der Waals surface area contributed by atoms with Crippen molar-refractivity contribution in [2.45, 2.75) is 0 Å². The first kappa shape index (κ1) is 23.8. The maximum atomic E-state index is 12.8. The molecule has 2 N–H and O–H groups in total. The Morgan fingerprint density at radius 3 is 2.24 bits per heavy atom. The number of hydrogen-bond acceptors (Lipinski definition) is 6. The molecule has 0 unspecified atom stereocenters. The van der Waals surface area contributed by atoms with E-state index in [2.05, 4.69) is 20.6 Å². The molecule has 0 saturated heterocycles. The molecule has 0 bridgehead atoms. The summed E-state index contributed by atoms with van der Waals surface area (Å²) in [6.07, 6.45) is 0. The van der Waals surface area contributed by atoms with E-state index in [1.165, 1.54) is 0 Å². The van der Waals surface area contributed by atoms with Crippen LogP contribution < -0.4 is 20.3 Å². The van der Waals surface area contributed by atoms with Gasteiger partial charge >= 0.3 is 0 Å². The third kappa shape index (κ3) is 5.36. The summed E-state index contributed by atoms with van der Waals surface area (Å²) in [7, 11) is 5.57. The summed E-state index contributed by atoms with van der Waals surface area (Å²) >= 11 is 0. The summed E-state index contributed by atoms with van der Waals surface area (Å²) in [6, 6.07) is 30.7. The van der Waals surface area contributed by atoms with Crippen molar-refractivity contribution in [1.29, 1.82) is 0 Å². The number of fused-ring (bicyclic) bond motifs is 1. The zero-order chi connectivity index (χ0) is 25.8. The lowest BCUT2D eigenvalue weighted by molar-refractivity contribution is 0.102. The van der Waals surface area contributed by atoms with Gasteiger partial charge in [-0.3, -0.25) is 4.79 Å². The van der Waals surface area contributed by atoms with Crippen LogP contribution in [0.25, 0.3) is 22.0 Å². The minimum atomic E-state index is -0.175. The molecule has 0 aliphatic rings. The van der Waals surface area contributed by atoms with Crippen LogP contribution >= 0.6 is 0 Å². The van der Waals surface area contributed by atoms with Gasteiger partial charge in [0, 0.05) is 36.4 Å². The van der Waals surface area contributed by atoms with Crippen molar-refractivity contribution in [2.24, 2.45) is 0 Å². The fourth-order valence-corrected chi connectivity index (χ4v) is 4.04. The number of methoxy groups -OCH3 is 1. The summed E-state index contributed by atoms with van der Waals surface area (Å²) in [4.78, 5) is 24.1. The molecule has 0 radical (unpaired) electrons. The Morgan fingerprint density at radius 2 is 1.51 bits per heavy atom. The predicted molar refractivity (Wildman–Crippen MR) is 150 cm³/mol. The second-order valence-electron chi connectivity index (χ2n) is 8.75. The lowest BCUT2D eigenvalue weighted by Crippen LogP contribution is -2.13. The molecule has 1 amide bonds. The standard InChI is InChI=1S/C30H27N5O2/c1-35(2)28-26-9-4-5-10-27(26)33-30(34-28)32-24-17-15-23(16-18-24)31-29(36)21-13-11-20(12-14-21)22-7-6-8-25(19-22)37-3/h4-19H,1-3H3,(H,31,36)(H,32,33,34). The second-order valence-corrected chi connectivity index (χ2v) is 8.75. The van der Waals surface area contributed by atoms with Crippen molar-refractivity contribution < 1.29 is 9.53 Å². The predicted octanol–water partition coefficient (Wildman–Crippen LogP) is 6.37. The number of anilines is 4. The number of benzene rings is 4. The molecular weight excluding hydrogens is 462 g/mol. The fraction of sp³-hybridized carbons (Fsp3) is 0.100. The van der Waals surface area contributed by atoms with Crippen molar-refractivity contribution in [3.05, 3.63) is 103 Å². The molecule has 184 valence electrons. The van der Waals surface area contributed by atoms with Gasteiger partial charge in [0.15, 0.2) is 0 Å². The van der Waals surface area contributed by atoms with Crippen LogP contribution in [-0.2, 0) is 0 Å². The number of carbonyl (C=O) groups is 1. The minimum Gasteiger partial charge on any atom is -0.497 e. The molecular formula is C30H27N5O2. The van der Waals surface area contributed by atoms with Gasteiger partial charge in [-0.1, -0.05) is 36.4 Å². The van der Waals surface area contributed by atoms with E-state index in [0.717, 1.165) is 39.3 Å². The van der Waals surface area contributed by atoms with Crippen molar-refractivity contribution in [3.63, 3.8) is 0 Å². The molecule has 0 saturated carbocycles.